The zero-order chi connectivity index (χ0) is 31.9. The highest BCUT2D eigenvalue weighted by Gasteiger charge is 2.63. The van der Waals surface area contributed by atoms with Crippen molar-refractivity contribution in [3.63, 3.8) is 0 Å². The van der Waals surface area contributed by atoms with Crippen molar-refractivity contribution in [2.45, 2.75) is 50.7 Å². The molecule has 2 heterocycles. The number of ether oxygens (including phenoxy) is 4. The lowest BCUT2D eigenvalue weighted by Crippen LogP contribution is -2.56. The second kappa shape index (κ2) is 12.0. The molecule has 1 aliphatic heterocycles. The molecule has 1 saturated heterocycles. The van der Waals surface area contributed by atoms with Crippen LogP contribution in [0.25, 0.3) is 0 Å². The standard InChI is InChI=1S/C36H40N2O7/c1-22-19-24(3)35(31(39)30(22)33(45-35)38-20-23(2)32(40)37-34(38)41)21-44-36(25-9-7-6-8-10-25,26-11-15-28(42-4)16-12-26)27-13-17-29(43-5)18-14-27/h6-18,20,22,24,30-31,33,39H,19,21H2,1-5H3,(H,37,40,41)/t22-,24+,30-,31+,33-,35+/m1/s1. The Morgan fingerprint density at radius 1 is 0.911 bits per heavy atom. The van der Waals surface area contributed by atoms with Gasteiger partial charge in [-0.1, -0.05) is 68.4 Å². The maximum Gasteiger partial charge on any atom is 0.330 e. The first-order valence-electron chi connectivity index (χ1n) is 15.3. The molecule has 0 amide bonds. The van der Waals surface area contributed by atoms with Crippen LogP contribution >= 0.6 is 0 Å². The van der Waals surface area contributed by atoms with E-state index in [9.17, 15) is 14.7 Å². The Hall–Kier alpha value is -4.18. The van der Waals surface area contributed by atoms with Crippen molar-refractivity contribution in [1.82, 2.24) is 9.55 Å². The fraction of sp³-hybridized carbons (Fsp3) is 0.389. The molecule has 0 spiro atoms. The van der Waals surface area contributed by atoms with E-state index in [0.717, 1.165) is 23.1 Å². The summed E-state index contributed by atoms with van der Waals surface area (Å²) < 4.78 is 26.4. The van der Waals surface area contributed by atoms with Crippen LogP contribution in [-0.4, -0.2) is 47.2 Å². The molecule has 2 aliphatic rings. The van der Waals surface area contributed by atoms with E-state index in [1.165, 1.54) is 10.8 Å². The Morgan fingerprint density at radius 3 is 2.02 bits per heavy atom. The minimum absolute atomic E-state index is 0.0269. The third-order valence-corrected chi connectivity index (χ3v) is 9.86. The predicted molar refractivity (Wildman–Crippen MR) is 170 cm³/mol. The van der Waals surface area contributed by atoms with E-state index in [1.54, 1.807) is 21.1 Å². The predicted octanol–water partition coefficient (Wildman–Crippen LogP) is 4.79. The normalized spacial score (nSPS) is 26.0. The molecular weight excluding hydrogens is 572 g/mol. The monoisotopic (exact) mass is 612 g/mol. The van der Waals surface area contributed by atoms with Crippen molar-refractivity contribution in [2.24, 2.45) is 17.8 Å². The van der Waals surface area contributed by atoms with Crippen LogP contribution in [0, 0.1) is 24.7 Å². The fourth-order valence-electron chi connectivity index (χ4n) is 7.34. The number of aliphatic hydroxyl groups excluding tert-OH is 1. The molecule has 2 bridgehead atoms. The first-order chi connectivity index (χ1) is 21.6. The number of aliphatic hydroxyl groups is 1. The number of nitrogens with one attached hydrogen (secondary N) is 1. The van der Waals surface area contributed by atoms with Crippen LogP contribution in [0.2, 0.25) is 0 Å². The number of methoxy groups -OCH3 is 2. The highest BCUT2D eigenvalue weighted by Crippen LogP contribution is 2.56. The number of aromatic amines is 1. The number of fused-ring (bicyclic) bond motifs is 2. The zero-order valence-electron chi connectivity index (χ0n) is 26.2. The molecule has 1 aliphatic carbocycles. The van der Waals surface area contributed by atoms with Gasteiger partial charge in [0, 0.05) is 17.7 Å². The Morgan fingerprint density at radius 2 is 1.47 bits per heavy atom. The van der Waals surface area contributed by atoms with Crippen molar-refractivity contribution in [1.29, 1.82) is 0 Å². The van der Waals surface area contributed by atoms with E-state index in [4.69, 9.17) is 18.9 Å². The van der Waals surface area contributed by atoms with Crippen LogP contribution in [-0.2, 0) is 15.1 Å². The molecule has 0 radical (unpaired) electrons. The van der Waals surface area contributed by atoms with Gasteiger partial charge in [-0.25, -0.2) is 4.79 Å². The van der Waals surface area contributed by atoms with Crippen molar-refractivity contribution >= 4 is 0 Å². The van der Waals surface area contributed by atoms with Gasteiger partial charge < -0.3 is 24.1 Å². The lowest BCUT2D eigenvalue weighted by molar-refractivity contribution is -0.187. The lowest BCUT2D eigenvalue weighted by Gasteiger charge is -2.46. The molecule has 9 nitrogen and oxygen atoms in total. The molecule has 45 heavy (non-hydrogen) atoms. The fourth-order valence-corrected chi connectivity index (χ4v) is 7.34. The summed E-state index contributed by atoms with van der Waals surface area (Å²) in [5, 5.41) is 12.1. The Labute approximate surface area is 262 Å². The van der Waals surface area contributed by atoms with Gasteiger partial charge in [0.1, 0.15) is 28.9 Å². The summed E-state index contributed by atoms with van der Waals surface area (Å²) in [5.74, 6) is 0.984. The van der Waals surface area contributed by atoms with Crippen molar-refractivity contribution in [2.75, 3.05) is 20.8 Å². The van der Waals surface area contributed by atoms with E-state index >= 15 is 0 Å². The molecule has 1 aromatic heterocycles. The van der Waals surface area contributed by atoms with E-state index in [2.05, 4.69) is 18.8 Å². The first-order valence-corrected chi connectivity index (χ1v) is 15.3. The number of rotatable bonds is 9. The molecule has 2 N–H and O–H groups in total. The van der Waals surface area contributed by atoms with Crippen molar-refractivity contribution < 1.29 is 24.1 Å². The van der Waals surface area contributed by atoms with Crippen LogP contribution in [0.1, 0.15) is 48.8 Å². The molecule has 6 rings (SSSR count). The number of aromatic nitrogens is 2. The van der Waals surface area contributed by atoms with E-state index in [0.29, 0.717) is 17.1 Å². The van der Waals surface area contributed by atoms with Crippen molar-refractivity contribution in [3.8, 4) is 11.5 Å². The van der Waals surface area contributed by atoms with Gasteiger partial charge in [0.2, 0.25) is 0 Å². The van der Waals surface area contributed by atoms with Crippen molar-refractivity contribution in [3.05, 3.63) is 128 Å². The Bertz CT molecular complexity index is 1700. The molecule has 3 aromatic carbocycles. The summed E-state index contributed by atoms with van der Waals surface area (Å²) in [6.07, 6.45) is 0.580. The van der Waals surface area contributed by atoms with Gasteiger partial charge in [-0.3, -0.25) is 14.3 Å². The maximum atomic E-state index is 13.0. The van der Waals surface area contributed by atoms with Gasteiger partial charge in [-0.15, -0.1) is 0 Å². The molecule has 4 aromatic rings. The van der Waals surface area contributed by atoms with E-state index in [1.807, 2.05) is 78.9 Å². The van der Waals surface area contributed by atoms with Gasteiger partial charge in [0.15, 0.2) is 0 Å². The van der Waals surface area contributed by atoms with E-state index in [-0.39, 0.29) is 24.4 Å². The summed E-state index contributed by atoms with van der Waals surface area (Å²) in [5.41, 5.74) is -0.250. The minimum atomic E-state index is -1.13. The number of nitrogens with zero attached hydrogens (tertiary/aromatic N) is 1. The average Bonchev–Trinajstić information content (AvgIpc) is 3.30. The molecular formula is C36H40N2O7. The number of H-pyrrole nitrogens is 1. The number of benzene rings is 3. The van der Waals surface area contributed by atoms with Gasteiger partial charge in [0.05, 0.1) is 26.9 Å². The Balaban J connectivity index is 1.49. The Kier molecular flexibility index (Phi) is 8.20. The number of hydrogen-bond acceptors (Lipinski definition) is 7. The van der Waals surface area contributed by atoms with Crippen LogP contribution in [0.3, 0.4) is 0 Å². The molecule has 6 atom stereocenters. The largest absolute Gasteiger partial charge is 0.497 e. The van der Waals surface area contributed by atoms with Crippen LogP contribution in [0.4, 0.5) is 0 Å². The highest BCUT2D eigenvalue weighted by molar-refractivity contribution is 5.49. The average molecular weight is 613 g/mol. The summed E-state index contributed by atoms with van der Waals surface area (Å²) in [7, 11) is 3.26. The van der Waals surface area contributed by atoms with Crippen LogP contribution < -0.4 is 20.7 Å². The maximum absolute atomic E-state index is 13.0. The second-order valence-electron chi connectivity index (χ2n) is 12.4. The summed E-state index contributed by atoms with van der Waals surface area (Å²) in [6.45, 7) is 5.81. The lowest BCUT2D eigenvalue weighted by atomic mass is 9.66. The third kappa shape index (κ3) is 5.09. The van der Waals surface area contributed by atoms with Crippen LogP contribution in [0.5, 0.6) is 11.5 Å². The molecule has 236 valence electrons. The summed E-state index contributed by atoms with van der Waals surface area (Å²) in [4.78, 5) is 27.6. The van der Waals surface area contributed by atoms with Gasteiger partial charge in [-0.2, -0.15) is 0 Å². The second-order valence-corrected chi connectivity index (χ2v) is 12.4. The van der Waals surface area contributed by atoms with Gasteiger partial charge >= 0.3 is 5.69 Å². The van der Waals surface area contributed by atoms with Gasteiger partial charge in [0.25, 0.3) is 5.56 Å². The SMILES string of the molecule is COc1ccc(C(OC[C@]23O[C@@H](n4cc(C)c(=O)[nH]c4=O)[C@H]([C@H](C)C[C@@H]2C)[C@@H]3O)(c2ccccc2)c2ccc(OC)cc2)cc1. The van der Waals surface area contributed by atoms with Crippen LogP contribution in [0.15, 0.2) is 94.6 Å². The van der Waals surface area contributed by atoms with E-state index < -0.39 is 34.8 Å². The summed E-state index contributed by atoms with van der Waals surface area (Å²) >= 11 is 0. The topological polar surface area (TPSA) is 112 Å². The summed E-state index contributed by atoms with van der Waals surface area (Å²) in [6, 6.07) is 25.5. The molecule has 0 unspecified atom stereocenters. The smallest absolute Gasteiger partial charge is 0.330 e. The number of hydrogen-bond donors (Lipinski definition) is 2. The zero-order valence-corrected chi connectivity index (χ0v) is 26.2. The first kappa shape index (κ1) is 30.8. The minimum Gasteiger partial charge on any atom is -0.497 e. The molecule has 9 heteroatoms. The molecule has 2 fully saturated rings. The number of aryl methyl sites for hydroxylation is 1. The highest BCUT2D eigenvalue weighted by atomic mass is 16.6. The molecule has 1 saturated carbocycles. The quantitative estimate of drug-likeness (QED) is 0.262. The van der Waals surface area contributed by atoms with Gasteiger partial charge in [-0.05, 0) is 66.1 Å². The third-order valence-electron chi connectivity index (χ3n) is 9.86.